The quantitative estimate of drug-likeness (QED) is 0.460. The van der Waals surface area contributed by atoms with Crippen molar-refractivity contribution in [3.8, 4) is 0 Å². The van der Waals surface area contributed by atoms with Gasteiger partial charge in [-0.1, -0.05) is 53.6 Å². The minimum atomic E-state index is -0.338. The molecule has 1 aliphatic rings. The zero-order chi connectivity index (χ0) is 23.2. The molecule has 1 amide bonds. The lowest BCUT2D eigenvalue weighted by Gasteiger charge is -2.36. The molecule has 0 N–H and O–H groups in total. The number of aryl methyl sites for hydroxylation is 1. The van der Waals surface area contributed by atoms with Gasteiger partial charge < -0.3 is 9.64 Å². The summed E-state index contributed by atoms with van der Waals surface area (Å²) in [5.41, 5.74) is 3.95. The maximum absolute atomic E-state index is 13.2. The highest BCUT2D eigenvalue weighted by molar-refractivity contribution is 6.30. The predicted molar refractivity (Wildman–Crippen MR) is 129 cm³/mol. The van der Waals surface area contributed by atoms with Crippen molar-refractivity contribution in [2.24, 2.45) is 0 Å². The Morgan fingerprint density at radius 3 is 2.36 bits per heavy atom. The number of rotatable bonds is 7. The van der Waals surface area contributed by atoms with Gasteiger partial charge in [-0.05, 0) is 54.4 Å². The molecular weight excluding hydrogens is 439 g/mol. The molecular formula is C27H28ClFN2O2. The number of halogens is 2. The molecule has 6 heteroatoms. The van der Waals surface area contributed by atoms with Crippen LogP contribution in [0.3, 0.4) is 0 Å². The van der Waals surface area contributed by atoms with E-state index in [1.807, 2.05) is 35.2 Å². The van der Waals surface area contributed by atoms with Gasteiger partial charge in [0.2, 0.25) is 0 Å². The molecule has 1 aliphatic heterocycles. The summed E-state index contributed by atoms with van der Waals surface area (Å²) in [7, 11) is 0. The van der Waals surface area contributed by atoms with Crippen molar-refractivity contribution < 1.29 is 13.9 Å². The second-order valence-electron chi connectivity index (χ2n) is 8.44. The first-order valence-corrected chi connectivity index (χ1v) is 11.6. The number of amides is 1. The lowest BCUT2D eigenvalue weighted by molar-refractivity contribution is 0.00341. The molecule has 0 aromatic heterocycles. The normalized spacial score (nSPS) is 15.4. The standard InChI is InChI=1S/C27H28ClFN2O2/c1-20-3-2-4-21(17-20)19-33-26(22-5-9-24(28)10-6-22)18-30-13-15-31(16-14-30)27(32)23-7-11-25(29)12-8-23/h2-12,17,26H,13-16,18-19H2,1H3/t26-/m0/s1. The fourth-order valence-corrected chi connectivity index (χ4v) is 4.20. The van der Waals surface area contributed by atoms with Gasteiger partial charge in [0.15, 0.2) is 0 Å². The van der Waals surface area contributed by atoms with Gasteiger partial charge in [-0.2, -0.15) is 0 Å². The Bertz CT molecular complexity index is 1060. The van der Waals surface area contributed by atoms with Gasteiger partial charge in [-0.3, -0.25) is 9.69 Å². The summed E-state index contributed by atoms with van der Waals surface area (Å²) in [6, 6.07) is 21.9. The Hall–Kier alpha value is -2.73. The van der Waals surface area contributed by atoms with E-state index >= 15 is 0 Å². The molecule has 1 fully saturated rings. The average Bonchev–Trinajstić information content (AvgIpc) is 2.83. The summed E-state index contributed by atoms with van der Waals surface area (Å²) < 4.78 is 19.5. The molecule has 3 aromatic rings. The number of carbonyl (C=O) groups is 1. The molecule has 4 nitrogen and oxygen atoms in total. The third-order valence-electron chi connectivity index (χ3n) is 5.95. The van der Waals surface area contributed by atoms with Gasteiger partial charge >= 0.3 is 0 Å². The van der Waals surface area contributed by atoms with Crippen molar-refractivity contribution in [3.63, 3.8) is 0 Å². The van der Waals surface area contributed by atoms with Crippen LogP contribution < -0.4 is 0 Å². The topological polar surface area (TPSA) is 32.8 Å². The van der Waals surface area contributed by atoms with Crippen molar-refractivity contribution in [3.05, 3.63) is 106 Å². The van der Waals surface area contributed by atoms with Crippen LogP contribution in [-0.4, -0.2) is 48.4 Å². The maximum Gasteiger partial charge on any atom is 0.253 e. The molecule has 0 saturated carbocycles. The van der Waals surface area contributed by atoms with Gasteiger partial charge in [-0.25, -0.2) is 4.39 Å². The zero-order valence-electron chi connectivity index (χ0n) is 18.7. The molecule has 0 spiro atoms. The molecule has 1 saturated heterocycles. The molecule has 172 valence electrons. The largest absolute Gasteiger partial charge is 0.368 e. The van der Waals surface area contributed by atoms with Crippen LogP contribution in [-0.2, 0) is 11.3 Å². The number of nitrogens with zero attached hydrogens (tertiary/aromatic N) is 2. The van der Waals surface area contributed by atoms with E-state index in [1.54, 1.807) is 12.1 Å². The smallest absolute Gasteiger partial charge is 0.253 e. The van der Waals surface area contributed by atoms with Crippen LogP contribution in [0.5, 0.6) is 0 Å². The Kier molecular flexibility index (Phi) is 7.76. The molecule has 0 radical (unpaired) electrons. The number of piperazine rings is 1. The highest BCUT2D eigenvalue weighted by Crippen LogP contribution is 2.24. The van der Waals surface area contributed by atoms with Crippen molar-refractivity contribution in [2.75, 3.05) is 32.7 Å². The van der Waals surface area contributed by atoms with Crippen LogP contribution in [0.25, 0.3) is 0 Å². The second-order valence-corrected chi connectivity index (χ2v) is 8.88. The maximum atomic E-state index is 13.2. The minimum absolute atomic E-state index is 0.0559. The molecule has 1 atom stereocenters. The molecule has 0 aliphatic carbocycles. The summed E-state index contributed by atoms with van der Waals surface area (Å²) in [6.07, 6.45) is -0.109. The van der Waals surface area contributed by atoms with Crippen LogP contribution in [0.4, 0.5) is 4.39 Å². The zero-order valence-corrected chi connectivity index (χ0v) is 19.5. The van der Waals surface area contributed by atoms with E-state index < -0.39 is 0 Å². The molecule has 3 aromatic carbocycles. The number of hydrogen-bond acceptors (Lipinski definition) is 3. The Labute approximate surface area is 199 Å². The third-order valence-corrected chi connectivity index (χ3v) is 6.20. The Morgan fingerprint density at radius 1 is 1.00 bits per heavy atom. The third kappa shape index (κ3) is 6.41. The van der Waals surface area contributed by atoms with E-state index in [4.69, 9.17) is 16.3 Å². The van der Waals surface area contributed by atoms with Crippen molar-refractivity contribution >= 4 is 17.5 Å². The molecule has 33 heavy (non-hydrogen) atoms. The fraction of sp³-hybridized carbons (Fsp3) is 0.296. The minimum Gasteiger partial charge on any atom is -0.368 e. The van der Waals surface area contributed by atoms with E-state index in [9.17, 15) is 9.18 Å². The number of ether oxygens (including phenoxy) is 1. The lowest BCUT2D eigenvalue weighted by Crippen LogP contribution is -2.49. The fourth-order valence-electron chi connectivity index (χ4n) is 4.07. The van der Waals surface area contributed by atoms with E-state index in [2.05, 4.69) is 30.0 Å². The predicted octanol–water partition coefficient (Wildman–Crippen LogP) is 5.50. The first-order valence-electron chi connectivity index (χ1n) is 11.2. The highest BCUT2D eigenvalue weighted by atomic mass is 35.5. The summed E-state index contributed by atoms with van der Waals surface area (Å²) >= 11 is 6.09. The average molecular weight is 467 g/mol. The van der Waals surface area contributed by atoms with Gasteiger partial charge in [0.25, 0.3) is 5.91 Å². The first-order chi connectivity index (χ1) is 16.0. The summed E-state index contributed by atoms with van der Waals surface area (Å²) in [4.78, 5) is 16.9. The number of hydrogen-bond donors (Lipinski definition) is 0. The number of carbonyl (C=O) groups excluding carboxylic acids is 1. The van der Waals surface area contributed by atoms with Gasteiger partial charge in [-0.15, -0.1) is 0 Å². The van der Waals surface area contributed by atoms with Gasteiger partial charge in [0.1, 0.15) is 5.82 Å². The summed E-state index contributed by atoms with van der Waals surface area (Å²) in [5, 5.41) is 0.698. The van der Waals surface area contributed by atoms with Crippen molar-refractivity contribution in [1.29, 1.82) is 0 Å². The Morgan fingerprint density at radius 2 is 1.70 bits per heavy atom. The monoisotopic (exact) mass is 466 g/mol. The van der Waals surface area contributed by atoms with E-state index in [1.165, 1.54) is 17.7 Å². The van der Waals surface area contributed by atoms with Gasteiger partial charge in [0, 0.05) is 43.3 Å². The number of benzene rings is 3. The van der Waals surface area contributed by atoms with E-state index in [0.29, 0.717) is 30.3 Å². The summed E-state index contributed by atoms with van der Waals surface area (Å²) in [6.45, 7) is 6.09. The molecule has 0 unspecified atom stereocenters. The highest BCUT2D eigenvalue weighted by Gasteiger charge is 2.25. The van der Waals surface area contributed by atoms with Crippen molar-refractivity contribution in [2.45, 2.75) is 19.6 Å². The SMILES string of the molecule is Cc1cccc(CO[C@@H](CN2CCN(C(=O)c3ccc(F)cc3)CC2)c2ccc(Cl)cc2)c1. The molecule has 1 heterocycles. The van der Waals surface area contributed by atoms with Crippen LogP contribution >= 0.6 is 11.6 Å². The molecule has 0 bridgehead atoms. The lowest BCUT2D eigenvalue weighted by atomic mass is 10.1. The molecule has 4 rings (SSSR count). The summed E-state index contributed by atoms with van der Waals surface area (Å²) in [5.74, 6) is -0.394. The Balaban J connectivity index is 1.38. The van der Waals surface area contributed by atoms with Gasteiger partial charge in [0.05, 0.1) is 12.7 Å². The van der Waals surface area contributed by atoms with Crippen molar-refractivity contribution in [1.82, 2.24) is 9.80 Å². The first kappa shape index (κ1) is 23.4. The van der Waals surface area contributed by atoms with Crippen LogP contribution in [0.1, 0.15) is 33.2 Å². The van der Waals surface area contributed by atoms with E-state index in [-0.39, 0.29) is 17.8 Å². The van der Waals surface area contributed by atoms with Crippen LogP contribution in [0.2, 0.25) is 5.02 Å². The van der Waals surface area contributed by atoms with Crippen LogP contribution in [0, 0.1) is 12.7 Å². The van der Waals surface area contributed by atoms with E-state index in [0.717, 1.165) is 30.8 Å². The van der Waals surface area contributed by atoms with Crippen LogP contribution in [0.15, 0.2) is 72.8 Å². The second kappa shape index (κ2) is 10.9.